The first-order valence-electron chi connectivity index (χ1n) is 8.93. The Bertz CT molecular complexity index is 1140. The topological polar surface area (TPSA) is 102 Å². The Labute approximate surface area is 177 Å². The highest BCUT2D eigenvalue weighted by atomic mass is 35.5. The smallest absolute Gasteiger partial charge is 0.254 e. The van der Waals surface area contributed by atoms with E-state index in [2.05, 4.69) is 15.6 Å². The van der Waals surface area contributed by atoms with Gasteiger partial charge in [-0.2, -0.15) is 0 Å². The molecule has 0 fully saturated rings. The van der Waals surface area contributed by atoms with E-state index in [1.54, 1.807) is 42.5 Å². The van der Waals surface area contributed by atoms with E-state index < -0.39 is 5.91 Å². The standard InChI is InChI=1S/C21H19ClN4O4/c1-13(27)24-16-7-8-19(30-2)18(9-16)25-20(28)11-26-12-23-17(10-21(26)29)14-3-5-15(22)6-4-14/h3-10,12H,11H2,1-2H3,(H,24,27)(H,25,28). The monoisotopic (exact) mass is 426 g/mol. The number of carbonyl (C=O) groups excluding carboxylic acids is 2. The van der Waals surface area contributed by atoms with Crippen molar-refractivity contribution in [2.75, 3.05) is 17.7 Å². The number of nitrogens with one attached hydrogen (secondary N) is 2. The van der Waals surface area contributed by atoms with Crippen molar-refractivity contribution >= 4 is 34.8 Å². The highest BCUT2D eigenvalue weighted by molar-refractivity contribution is 6.30. The van der Waals surface area contributed by atoms with Crippen molar-refractivity contribution in [1.29, 1.82) is 0 Å². The van der Waals surface area contributed by atoms with Crippen molar-refractivity contribution in [3.05, 3.63) is 70.2 Å². The summed E-state index contributed by atoms with van der Waals surface area (Å²) in [5.41, 5.74) is 1.73. The van der Waals surface area contributed by atoms with Gasteiger partial charge in [-0.1, -0.05) is 23.7 Å². The van der Waals surface area contributed by atoms with Gasteiger partial charge in [0.15, 0.2) is 0 Å². The van der Waals surface area contributed by atoms with Crippen molar-refractivity contribution in [3.63, 3.8) is 0 Å². The van der Waals surface area contributed by atoms with E-state index in [9.17, 15) is 14.4 Å². The summed E-state index contributed by atoms with van der Waals surface area (Å²) in [5, 5.41) is 5.91. The first kappa shape index (κ1) is 21.1. The molecule has 3 aromatic rings. The third-order valence-electron chi connectivity index (χ3n) is 4.13. The number of amides is 2. The second kappa shape index (κ2) is 9.23. The van der Waals surface area contributed by atoms with Crippen LogP contribution in [0.4, 0.5) is 11.4 Å². The van der Waals surface area contributed by atoms with Gasteiger partial charge in [0.2, 0.25) is 11.8 Å². The molecule has 0 aliphatic rings. The zero-order valence-electron chi connectivity index (χ0n) is 16.3. The number of ether oxygens (including phenoxy) is 1. The molecular weight excluding hydrogens is 408 g/mol. The lowest BCUT2D eigenvalue weighted by Gasteiger charge is -2.13. The SMILES string of the molecule is COc1ccc(NC(C)=O)cc1NC(=O)Cn1cnc(-c2ccc(Cl)cc2)cc1=O. The lowest BCUT2D eigenvalue weighted by atomic mass is 10.1. The second-order valence-electron chi connectivity index (χ2n) is 6.39. The van der Waals surface area contributed by atoms with Crippen LogP contribution in [0.1, 0.15) is 6.92 Å². The van der Waals surface area contributed by atoms with E-state index in [0.29, 0.717) is 27.8 Å². The lowest BCUT2D eigenvalue weighted by Crippen LogP contribution is -2.27. The molecule has 9 heteroatoms. The van der Waals surface area contributed by atoms with Gasteiger partial charge in [0.1, 0.15) is 12.3 Å². The number of benzene rings is 2. The first-order chi connectivity index (χ1) is 14.4. The molecule has 0 atom stereocenters. The molecule has 0 saturated heterocycles. The van der Waals surface area contributed by atoms with Crippen LogP contribution < -0.4 is 20.9 Å². The Kier molecular flexibility index (Phi) is 6.48. The number of hydrogen-bond acceptors (Lipinski definition) is 5. The van der Waals surface area contributed by atoms with Crippen LogP contribution in [0.3, 0.4) is 0 Å². The fourth-order valence-corrected chi connectivity index (χ4v) is 2.88. The van der Waals surface area contributed by atoms with E-state index in [-0.39, 0.29) is 18.0 Å². The second-order valence-corrected chi connectivity index (χ2v) is 6.83. The molecule has 2 N–H and O–H groups in total. The summed E-state index contributed by atoms with van der Waals surface area (Å²) >= 11 is 5.88. The van der Waals surface area contributed by atoms with Gasteiger partial charge in [-0.3, -0.25) is 19.0 Å². The van der Waals surface area contributed by atoms with Crippen LogP contribution in [-0.4, -0.2) is 28.5 Å². The average Bonchev–Trinajstić information content (AvgIpc) is 2.70. The number of nitrogens with zero attached hydrogens (tertiary/aromatic N) is 2. The maximum absolute atomic E-state index is 12.5. The molecular formula is C21H19ClN4O4. The van der Waals surface area contributed by atoms with Gasteiger partial charge in [-0.25, -0.2) is 4.98 Å². The third kappa shape index (κ3) is 5.24. The van der Waals surface area contributed by atoms with Crippen molar-refractivity contribution in [2.45, 2.75) is 13.5 Å². The number of aromatic nitrogens is 2. The summed E-state index contributed by atoms with van der Waals surface area (Å²) in [4.78, 5) is 40.4. The molecule has 154 valence electrons. The molecule has 8 nitrogen and oxygen atoms in total. The van der Waals surface area contributed by atoms with Gasteiger partial charge in [-0.15, -0.1) is 0 Å². The summed E-state index contributed by atoms with van der Waals surface area (Å²) in [6.45, 7) is 1.15. The lowest BCUT2D eigenvalue weighted by molar-refractivity contribution is -0.117. The van der Waals surface area contributed by atoms with Crippen molar-refractivity contribution in [1.82, 2.24) is 9.55 Å². The molecule has 0 bridgehead atoms. The Morgan fingerprint density at radius 1 is 1.10 bits per heavy atom. The number of hydrogen-bond donors (Lipinski definition) is 2. The maximum Gasteiger partial charge on any atom is 0.254 e. The molecule has 0 unspecified atom stereocenters. The van der Waals surface area contributed by atoms with Crippen LogP contribution in [0.25, 0.3) is 11.3 Å². The zero-order valence-corrected chi connectivity index (χ0v) is 17.1. The van der Waals surface area contributed by atoms with Crippen molar-refractivity contribution in [3.8, 4) is 17.0 Å². The van der Waals surface area contributed by atoms with Gasteiger partial charge in [0, 0.05) is 29.3 Å². The van der Waals surface area contributed by atoms with Gasteiger partial charge in [0.05, 0.1) is 24.8 Å². The molecule has 3 rings (SSSR count). The van der Waals surface area contributed by atoms with Crippen LogP contribution >= 0.6 is 11.6 Å². The summed E-state index contributed by atoms with van der Waals surface area (Å²) in [5.74, 6) is -0.270. The van der Waals surface area contributed by atoms with Crippen molar-refractivity contribution < 1.29 is 14.3 Å². The molecule has 2 amide bonds. The predicted octanol–water partition coefficient (Wildman–Crippen LogP) is 3.17. The average molecular weight is 427 g/mol. The minimum atomic E-state index is -0.448. The van der Waals surface area contributed by atoms with Crippen LogP contribution in [-0.2, 0) is 16.1 Å². The Morgan fingerprint density at radius 3 is 2.47 bits per heavy atom. The molecule has 0 saturated carbocycles. The highest BCUT2D eigenvalue weighted by Crippen LogP contribution is 2.28. The van der Waals surface area contributed by atoms with Gasteiger partial charge < -0.3 is 15.4 Å². The number of methoxy groups -OCH3 is 1. The van der Waals surface area contributed by atoms with Crippen LogP contribution in [0.15, 0.2) is 59.7 Å². The Balaban J connectivity index is 1.75. The third-order valence-corrected chi connectivity index (χ3v) is 4.38. The molecule has 2 aromatic carbocycles. The normalized spacial score (nSPS) is 10.4. The molecule has 0 aliphatic carbocycles. The molecule has 0 aliphatic heterocycles. The van der Waals surface area contributed by atoms with E-state index >= 15 is 0 Å². The van der Waals surface area contributed by atoms with E-state index in [4.69, 9.17) is 16.3 Å². The predicted molar refractivity (Wildman–Crippen MR) is 115 cm³/mol. The van der Waals surface area contributed by atoms with E-state index in [1.165, 1.54) is 31.0 Å². The Morgan fingerprint density at radius 2 is 1.83 bits per heavy atom. The fourth-order valence-electron chi connectivity index (χ4n) is 2.75. The number of anilines is 2. The summed E-state index contributed by atoms with van der Waals surface area (Å²) in [7, 11) is 1.47. The van der Waals surface area contributed by atoms with Gasteiger partial charge in [-0.05, 0) is 30.3 Å². The largest absolute Gasteiger partial charge is 0.495 e. The fraction of sp³-hybridized carbons (Fsp3) is 0.143. The van der Waals surface area contributed by atoms with Crippen LogP contribution in [0.5, 0.6) is 5.75 Å². The minimum absolute atomic E-state index is 0.236. The number of halogens is 1. The first-order valence-corrected chi connectivity index (χ1v) is 9.31. The highest BCUT2D eigenvalue weighted by Gasteiger charge is 2.12. The van der Waals surface area contributed by atoms with Crippen LogP contribution in [0, 0.1) is 0 Å². The zero-order chi connectivity index (χ0) is 21.7. The van der Waals surface area contributed by atoms with Crippen molar-refractivity contribution in [2.24, 2.45) is 0 Å². The molecule has 1 heterocycles. The molecule has 1 aromatic heterocycles. The van der Waals surface area contributed by atoms with Gasteiger partial charge in [0.25, 0.3) is 5.56 Å². The summed E-state index contributed by atoms with van der Waals surface area (Å²) in [6, 6.07) is 13.1. The number of rotatable bonds is 6. The summed E-state index contributed by atoms with van der Waals surface area (Å²) in [6.07, 6.45) is 1.32. The van der Waals surface area contributed by atoms with E-state index in [1.807, 2.05) is 0 Å². The molecule has 0 radical (unpaired) electrons. The van der Waals surface area contributed by atoms with Crippen LogP contribution in [0.2, 0.25) is 5.02 Å². The molecule has 0 spiro atoms. The Hall–Kier alpha value is -3.65. The van der Waals surface area contributed by atoms with E-state index in [0.717, 1.165) is 5.56 Å². The minimum Gasteiger partial charge on any atom is -0.495 e. The quantitative estimate of drug-likeness (QED) is 0.630. The number of carbonyl (C=O) groups is 2. The molecule has 30 heavy (non-hydrogen) atoms. The summed E-state index contributed by atoms with van der Waals surface area (Å²) < 4.78 is 6.43. The van der Waals surface area contributed by atoms with Gasteiger partial charge >= 0.3 is 0 Å². The maximum atomic E-state index is 12.5.